The summed E-state index contributed by atoms with van der Waals surface area (Å²) in [6, 6.07) is 0. The van der Waals surface area contributed by atoms with Gasteiger partial charge in [-0.1, -0.05) is 6.08 Å². The molecule has 0 aromatic carbocycles. The summed E-state index contributed by atoms with van der Waals surface area (Å²) in [6.45, 7) is 1.27. The van der Waals surface area contributed by atoms with E-state index in [1.165, 1.54) is 13.0 Å². The number of rotatable bonds is 1. The average molecular weight is 154 g/mol. The first-order valence-corrected chi connectivity index (χ1v) is 3.05. The van der Waals surface area contributed by atoms with Gasteiger partial charge >= 0.3 is 11.9 Å². The third kappa shape index (κ3) is 1.52. The van der Waals surface area contributed by atoms with Crippen LogP contribution < -0.4 is 0 Å². The van der Waals surface area contributed by atoms with Crippen LogP contribution in [0.1, 0.15) is 6.92 Å². The molecule has 0 aliphatic carbocycles. The Morgan fingerprint density at radius 2 is 2.18 bits per heavy atom. The number of ether oxygens (including phenoxy) is 1. The molecule has 0 saturated carbocycles. The molecule has 0 saturated heterocycles. The fraction of sp³-hybridized carbons (Fsp3) is 0.286. The lowest BCUT2D eigenvalue weighted by Gasteiger charge is -2.10. The van der Waals surface area contributed by atoms with Gasteiger partial charge in [-0.2, -0.15) is 0 Å². The minimum Gasteiger partial charge on any atom is -0.389 e. The molecule has 0 radical (unpaired) electrons. The number of Topliss-reactive ketones (excluding diaryl/α,β-unsaturated/α-hetero) is 1. The standard InChI is InChI=1S/C7H6O4/c1-4(8)5-2-3-6(9)11-7(5)10/h2-3,5H,1H3. The lowest BCUT2D eigenvalue weighted by molar-refractivity contribution is -0.160. The van der Waals surface area contributed by atoms with Gasteiger partial charge in [-0.3, -0.25) is 9.59 Å². The molecule has 58 valence electrons. The third-order valence-corrected chi connectivity index (χ3v) is 1.32. The molecular formula is C7H6O4. The lowest BCUT2D eigenvalue weighted by atomic mass is 10.0. The monoisotopic (exact) mass is 154 g/mol. The summed E-state index contributed by atoms with van der Waals surface area (Å²) < 4.78 is 4.17. The highest BCUT2D eigenvalue weighted by molar-refractivity contribution is 6.07. The summed E-state index contributed by atoms with van der Waals surface area (Å²) in [5.41, 5.74) is 0. The molecule has 0 spiro atoms. The van der Waals surface area contributed by atoms with Crippen molar-refractivity contribution >= 4 is 17.7 Å². The molecule has 1 heterocycles. The Morgan fingerprint density at radius 3 is 2.64 bits per heavy atom. The molecule has 1 aliphatic heterocycles. The fourth-order valence-corrected chi connectivity index (χ4v) is 0.751. The summed E-state index contributed by atoms with van der Waals surface area (Å²) in [7, 11) is 0. The van der Waals surface area contributed by atoms with E-state index in [4.69, 9.17) is 0 Å². The molecule has 0 amide bonds. The van der Waals surface area contributed by atoms with E-state index in [1.54, 1.807) is 0 Å². The lowest BCUT2D eigenvalue weighted by Crippen LogP contribution is -2.28. The molecule has 0 aromatic heterocycles. The minimum atomic E-state index is -0.896. The van der Waals surface area contributed by atoms with Crippen LogP contribution in [-0.2, 0) is 19.1 Å². The van der Waals surface area contributed by atoms with E-state index in [2.05, 4.69) is 4.74 Å². The van der Waals surface area contributed by atoms with Gasteiger partial charge < -0.3 is 4.74 Å². The topological polar surface area (TPSA) is 60.4 Å². The highest BCUT2D eigenvalue weighted by Crippen LogP contribution is 2.09. The number of hydrogen-bond donors (Lipinski definition) is 0. The number of esters is 2. The number of carbonyl (C=O) groups excluding carboxylic acids is 3. The molecule has 0 fully saturated rings. The highest BCUT2D eigenvalue weighted by Gasteiger charge is 2.27. The molecule has 4 heteroatoms. The van der Waals surface area contributed by atoms with E-state index in [1.807, 2.05) is 0 Å². The van der Waals surface area contributed by atoms with Crippen molar-refractivity contribution < 1.29 is 19.1 Å². The first-order valence-electron chi connectivity index (χ1n) is 3.05. The van der Waals surface area contributed by atoms with E-state index >= 15 is 0 Å². The third-order valence-electron chi connectivity index (χ3n) is 1.32. The van der Waals surface area contributed by atoms with Gasteiger partial charge in [0.15, 0.2) is 0 Å². The molecule has 11 heavy (non-hydrogen) atoms. The van der Waals surface area contributed by atoms with E-state index in [-0.39, 0.29) is 5.78 Å². The predicted octanol–water partition coefficient (Wildman–Crippen LogP) is -0.169. The summed E-state index contributed by atoms with van der Waals surface area (Å²) in [4.78, 5) is 31.8. The second-order valence-corrected chi connectivity index (χ2v) is 2.19. The summed E-state index contributed by atoms with van der Waals surface area (Å²) >= 11 is 0. The molecule has 0 N–H and O–H groups in total. The summed E-state index contributed by atoms with van der Waals surface area (Å²) in [6.07, 6.45) is 2.32. The Bertz CT molecular complexity index is 251. The molecule has 1 unspecified atom stereocenters. The number of hydrogen-bond acceptors (Lipinski definition) is 4. The van der Waals surface area contributed by atoms with Gasteiger partial charge in [0.2, 0.25) is 0 Å². The fourth-order valence-electron chi connectivity index (χ4n) is 0.751. The Balaban J connectivity index is 2.85. The van der Waals surface area contributed by atoms with Crippen molar-refractivity contribution in [2.45, 2.75) is 6.92 Å². The smallest absolute Gasteiger partial charge is 0.338 e. The van der Waals surface area contributed by atoms with Gasteiger partial charge in [0.1, 0.15) is 11.7 Å². The highest BCUT2D eigenvalue weighted by atomic mass is 16.6. The normalized spacial score (nSPS) is 23.2. The van der Waals surface area contributed by atoms with Crippen LogP contribution in [0.15, 0.2) is 12.2 Å². The van der Waals surface area contributed by atoms with Crippen LogP contribution in [0.5, 0.6) is 0 Å². The van der Waals surface area contributed by atoms with Crippen molar-refractivity contribution in [3.63, 3.8) is 0 Å². The average Bonchev–Trinajstić information content (AvgIpc) is 1.85. The Labute approximate surface area is 62.8 Å². The zero-order valence-corrected chi connectivity index (χ0v) is 5.87. The van der Waals surface area contributed by atoms with Crippen molar-refractivity contribution in [2.24, 2.45) is 5.92 Å². The molecule has 0 aromatic rings. The van der Waals surface area contributed by atoms with Gasteiger partial charge in [-0.25, -0.2) is 4.79 Å². The van der Waals surface area contributed by atoms with Gasteiger partial charge in [0, 0.05) is 6.08 Å². The van der Waals surface area contributed by atoms with Crippen LogP contribution >= 0.6 is 0 Å². The van der Waals surface area contributed by atoms with Crippen LogP contribution in [-0.4, -0.2) is 17.7 Å². The number of cyclic esters (lactones) is 2. The Morgan fingerprint density at radius 1 is 1.55 bits per heavy atom. The van der Waals surface area contributed by atoms with Crippen molar-refractivity contribution in [3.05, 3.63) is 12.2 Å². The predicted molar refractivity (Wildman–Crippen MR) is 34.4 cm³/mol. The second kappa shape index (κ2) is 2.65. The van der Waals surface area contributed by atoms with Crippen molar-refractivity contribution in [1.82, 2.24) is 0 Å². The van der Waals surface area contributed by atoms with Gasteiger partial charge in [0.05, 0.1) is 0 Å². The zero-order chi connectivity index (χ0) is 8.43. The van der Waals surface area contributed by atoms with Gasteiger partial charge in [0.25, 0.3) is 0 Å². The van der Waals surface area contributed by atoms with Gasteiger partial charge in [-0.15, -0.1) is 0 Å². The zero-order valence-electron chi connectivity index (χ0n) is 5.87. The number of carbonyl (C=O) groups is 3. The van der Waals surface area contributed by atoms with E-state index in [9.17, 15) is 14.4 Å². The van der Waals surface area contributed by atoms with Crippen LogP contribution in [0.3, 0.4) is 0 Å². The van der Waals surface area contributed by atoms with E-state index < -0.39 is 17.9 Å². The maximum atomic E-state index is 10.7. The SMILES string of the molecule is CC(=O)C1C=CC(=O)OC1=O. The van der Waals surface area contributed by atoms with Crippen LogP contribution in [0.2, 0.25) is 0 Å². The van der Waals surface area contributed by atoms with Crippen LogP contribution in [0.25, 0.3) is 0 Å². The van der Waals surface area contributed by atoms with Crippen molar-refractivity contribution in [1.29, 1.82) is 0 Å². The molecule has 0 bridgehead atoms. The summed E-state index contributed by atoms with van der Waals surface area (Å²) in [5.74, 6) is -2.72. The number of ketones is 1. The maximum absolute atomic E-state index is 10.7. The van der Waals surface area contributed by atoms with Crippen LogP contribution in [0, 0.1) is 5.92 Å². The largest absolute Gasteiger partial charge is 0.389 e. The summed E-state index contributed by atoms with van der Waals surface area (Å²) in [5, 5.41) is 0. The Kier molecular flexibility index (Phi) is 1.85. The van der Waals surface area contributed by atoms with Crippen molar-refractivity contribution in [3.8, 4) is 0 Å². The minimum absolute atomic E-state index is 0.321. The first kappa shape index (κ1) is 7.65. The second-order valence-electron chi connectivity index (χ2n) is 2.19. The van der Waals surface area contributed by atoms with Crippen molar-refractivity contribution in [2.75, 3.05) is 0 Å². The molecular weight excluding hydrogens is 148 g/mol. The quantitative estimate of drug-likeness (QED) is 0.388. The van der Waals surface area contributed by atoms with E-state index in [0.717, 1.165) is 6.08 Å². The van der Waals surface area contributed by atoms with Gasteiger partial charge in [-0.05, 0) is 6.92 Å². The Hall–Kier alpha value is -1.45. The molecule has 1 aliphatic rings. The van der Waals surface area contributed by atoms with E-state index in [0.29, 0.717) is 0 Å². The van der Waals surface area contributed by atoms with Crippen LogP contribution in [0.4, 0.5) is 0 Å². The first-order chi connectivity index (χ1) is 5.11. The molecule has 1 rings (SSSR count). The molecule has 4 nitrogen and oxygen atoms in total. The maximum Gasteiger partial charge on any atom is 0.338 e. The molecule has 1 atom stereocenters.